The summed E-state index contributed by atoms with van der Waals surface area (Å²) in [6.07, 6.45) is 4.00. The Morgan fingerprint density at radius 2 is 2.00 bits per heavy atom. The van der Waals surface area contributed by atoms with E-state index in [-0.39, 0.29) is 0 Å². The highest BCUT2D eigenvalue weighted by atomic mass is 79.9. The summed E-state index contributed by atoms with van der Waals surface area (Å²) < 4.78 is 1.16. The molecule has 1 aromatic rings. The summed E-state index contributed by atoms with van der Waals surface area (Å²) >= 11 is 3.53. The first-order chi connectivity index (χ1) is 9.06. The van der Waals surface area contributed by atoms with E-state index >= 15 is 0 Å². The summed E-state index contributed by atoms with van der Waals surface area (Å²) in [7, 11) is 0. The van der Waals surface area contributed by atoms with E-state index in [2.05, 4.69) is 59.4 Å². The first-order valence-electron chi connectivity index (χ1n) is 7.27. The largest absolute Gasteiger partial charge is 0.389 e. The van der Waals surface area contributed by atoms with Gasteiger partial charge in [-0.1, -0.05) is 41.9 Å². The van der Waals surface area contributed by atoms with Crippen LogP contribution in [-0.2, 0) is 0 Å². The van der Waals surface area contributed by atoms with Crippen molar-refractivity contribution in [1.82, 2.24) is 5.32 Å². The van der Waals surface area contributed by atoms with Crippen molar-refractivity contribution < 1.29 is 5.11 Å². The monoisotopic (exact) mass is 325 g/mol. The van der Waals surface area contributed by atoms with Crippen LogP contribution in [0.15, 0.2) is 28.7 Å². The van der Waals surface area contributed by atoms with Crippen LogP contribution in [0.2, 0.25) is 0 Å². The van der Waals surface area contributed by atoms with Crippen LogP contribution in [0.3, 0.4) is 0 Å². The second kappa shape index (κ2) is 6.38. The van der Waals surface area contributed by atoms with Crippen molar-refractivity contribution in [2.24, 2.45) is 0 Å². The van der Waals surface area contributed by atoms with Gasteiger partial charge in [0, 0.05) is 17.1 Å². The van der Waals surface area contributed by atoms with Crippen LogP contribution < -0.4 is 5.32 Å². The van der Waals surface area contributed by atoms with E-state index in [1.807, 2.05) is 0 Å². The average Bonchev–Trinajstić information content (AvgIpc) is 2.36. The van der Waals surface area contributed by atoms with E-state index in [4.69, 9.17) is 0 Å². The molecule has 0 atom stereocenters. The third-order valence-corrected chi connectivity index (χ3v) is 4.99. The maximum Gasteiger partial charge on any atom is 0.0766 e. The Labute approximate surface area is 124 Å². The number of benzene rings is 1. The number of nitrogens with one attached hydrogen (secondary N) is 1. The van der Waals surface area contributed by atoms with Gasteiger partial charge in [0.2, 0.25) is 0 Å². The van der Waals surface area contributed by atoms with E-state index in [9.17, 15) is 5.11 Å². The highest BCUT2D eigenvalue weighted by Gasteiger charge is 2.32. The van der Waals surface area contributed by atoms with Gasteiger partial charge >= 0.3 is 0 Å². The van der Waals surface area contributed by atoms with E-state index < -0.39 is 5.60 Å². The quantitative estimate of drug-likeness (QED) is 0.833. The van der Waals surface area contributed by atoms with E-state index in [1.54, 1.807) is 0 Å². The van der Waals surface area contributed by atoms with Gasteiger partial charge in [0.25, 0.3) is 0 Å². The SMILES string of the molecule is CCC(O)(CC)CNC1CC(c2cccc(Br)c2)C1. The Balaban J connectivity index is 1.78. The van der Waals surface area contributed by atoms with Crippen molar-refractivity contribution in [1.29, 1.82) is 0 Å². The summed E-state index contributed by atoms with van der Waals surface area (Å²) in [6.45, 7) is 4.82. The highest BCUT2D eigenvalue weighted by molar-refractivity contribution is 9.10. The first kappa shape index (κ1) is 15.0. The maximum absolute atomic E-state index is 10.2. The number of hydrogen-bond acceptors (Lipinski definition) is 2. The molecule has 19 heavy (non-hydrogen) atoms. The van der Waals surface area contributed by atoms with Crippen molar-refractivity contribution in [3.63, 3.8) is 0 Å². The number of aliphatic hydroxyl groups is 1. The summed E-state index contributed by atoms with van der Waals surface area (Å²) in [4.78, 5) is 0. The zero-order valence-corrected chi connectivity index (χ0v) is 13.4. The Bertz CT molecular complexity index is 411. The second-order valence-electron chi connectivity index (χ2n) is 5.73. The van der Waals surface area contributed by atoms with E-state index in [0.717, 1.165) is 23.9 Å². The fourth-order valence-electron chi connectivity index (χ4n) is 2.65. The average molecular weight is 326 g/mol. The molecule has 0 spiro atoms. The van der Waals surface area contributed by atoms with Crippen molar-refractivity contribution in [3.05, 3.63) is 34.3 Å². The lowest BCUT2D eigenvalue weighted by molar-refractivity contribution is 0.0261. The molecule has 1 aliphatic rings. The normalized spacial score (nSPS) is 23.2. The lowest BCUT2D eigenvalue weighted by atomic mass is 9.75. The minimum absolute atomic E-state index is 0.527. The number of hydrogen-bond donors (Lipinski definition) is 2. The summed E-state index contributed by atoms with van der Waals surface area (Å²) in [5.74, 6) is 0.673. The predicted octanol–water partition coefficient (Wildman–Crippen LogP) is 3.84. The van der Waals surface area contributed by atoms with Gasteiger partial charge in [-0.05, 0) is 49.3 Å². The molecule has 106 valence electrons. The molecule has 1 saturated carbocycles. The van der Waals surface area contributed by atoms with Gasteiger partial charge < -0.3 is 10.4 Å². The third-order valence-electron chi connectivity index (χ3n) is 4.49. The standard InChI is InChI=1S/C16H24BrNO/c1-3-16(19,4-2)11-18-15-9-13(10-15)12-6-5-7-14(17)8-12/h5-8,13,15,18-19H,3-4,9-11H2,1-2H3. The summed E-state index contributed by atoms with van der Waals surface area (Å²) in [5, 5.41) is 13.8. The molecule has 0 amide bonds. The topological polar surface area (TPSA) is 32.3 Å². The molecule has 0 heterocycles. The van der Waals surface area contributed by atoms with Crippen LogP contribution >= 0.6 is 15.9 Å². The molecule has 1 aliphatic carbocycles. The molecule has 2 nitrogen and oxygen atoms in total. The van der Waals surface area contributed by atoms with E-state index in [0.29, 0.717) is 12.0 Å². The predicted molar refractivity (Wildman–Crippen MR) is 83.4 cm³/mol. The van der Waals surface area contributed by atoms with Crippen molar-refractivity contribution >= 4 is 15.9 Å². The molecule has 0 unspecified atom stereocenters. The smallest absolute Gasteiger partial charge is 0.0766 e. The highest BCUT2D eigenvalue weighted by Crippen LogP contribution is 2.37. The molecule has 0 aliphatic heterocycles. The van der Waals surface area contributed by atoms with Crippen LogP contribution in [0.25, 0.3) is 0 Å². The molecule has 0 saturated heterocycles. The molecule has 3 heteroatoms. The van der Waals surface area contributed by atoms with E-state index in [1.165, 1.54) is 18.4 Å². The molecule has 1 fully saturated rings. The molecule has 1 aromatic carbocycles. The van der Waals surface area contributed by atoms with Crippen molar-refractivity contribution in [2.45, 2.75) is 57.1 Å². The Kier molecular flexibility index (Phi) is 5.04. The van der Waals surface area contributed by atoms with Gasteiger partial charge in [0.15, 0.2) is 0 Å². The zero-order valence-electron chi connectivity index (χ0n) is 11.8. The summed E-state index contributed by atoms with van der Waals surface area (Å²) in [5.41, 5.74) is 0.898. The lowest BCUT2D eigenvalue weighted by Crippen LogP contribution is -2.48. The van der Waals surface area contributed by atoms with Crippen LogP contribution in [0, 0.1) is 0 Å². The Hall–Kier alpha value is -0.380. The van der Waals surface area contributed by atoms with Gasteiger partial charge in [-0.25, -0.2) is 0 Å². The molecule has 2 rings (SSSR count). The Morgan fingerprint density at radius 1 is 1.32 bits per heavy atom. The van der Waals surface area contributed by atoms with Gasteiger partial charge in [0.1, 0.15) is 0 Å². The van der Waals surface area contributed by atoms with Gasteiger partial charge in [-0.15, -0.1) is 0 Å². The fourth-order valence-corrected chi connectivity index (χ4v) is 3.07. The minimum atomic E-state index is -0.527. The van der Waals surface area contributed by atoms with Gasteiger partial charge in [0.05, 0.1) is 5.60 Å². The number of rotatable bonds is 6. The summed E-state index contributed by atoms with van der Waals surface area (Å²) in [6, 6.07) is 9.16. The Morgan fingerprint density at radius 3 is 2.58 bits per heavy atom. The molecule has 0 aromatic heterocycles. The molecular weight excluding hydrogens is 302 g/mol. The molecular formula is C16H24BrNO. The van der Waals surface area contributed by atoms with Crippen LogP contribution in [0.4, 0.5) is 0 Å². The molecule has 0 bridgehead atoms. The zero-order chi connectivity index (χ0) is 13.9. The third kappa shape index (κ3) is 3.80. The van der Waals surface area contributed by atoms with Crippen molar-refractivity contribution in [3.8, 4) is 0 Å². The van der Waals surface area contributed by atoms with Crippen LogP contribution in [0.5, 0.6) is 0 Å². The van der Waals surface area contributed by atoms with Crippen LogP contribution in [-0.4, -0.2) is 23.3 Å². The second-order valence-corrected chi connectivity index (χ2v) is 6.65. The van der Waals surface area contributed by atoms with Crippen molar-refractivity contribution in [2.75, 3.05) is 6.54 Å². The van der Waals surface area contributed by atoms with Crippen LogP contribution in [0.1, 0.15) is 51.0 Å². The minimum Gasteiger partial charge on any atom is -0.389 e. The molecule has 0 radical (unpaired) electrons. The number of halogens is 1. The van der Waals surface area contributed by atoms with Gasteiger partial charge in [-0.3, -0.25) is 0 Å². The molecule has 2 N–H and O–H groups in total. The maximum atomic E-state index is 10.2. The van der Waals surface area contributed by atoms with Gasteiger partial charge in [-0.2, -0.15) is 0 Å². The first-order valence-corrected chi connectivity index (χ1v) is 8.07. The lowest BCUT2D eigenvalue weighted by Gasteiger charge is -2.38. The fraction of sp³-hybridized carbons (Fsp3) is 0.625.